The standard InChI is InChI=1S/C12H13N3O2/c1-8(2)9-5-7-15(14-9)10-4-3-6-13-11(10)12(16)17/h3-8H,1-2H3,(H,16,17). The third-order valence-corrected chi connectivity index (χ3v) is 2.44. The van der Waals surface area contributed by atoms with Crippen molar-refractivity contribution in [1.82, 2.24) is 14.8 Å². The van der Waals surface area contributed by atoms with Crippen molar-refractivity contribution in [3.63, 3.8) is 0 Å². The Morgan fingerprint density at radius 1 is 1.41 bits per heavy atom. The molecule has 5 nitrogen and oxygen atoms in total. The Bertz CT molecular complexity index is 546. The highest BCUT2D eigenvalue weighted by molar-refractivity contribution is 5.89. The molecule has 0 saturated heterocycles. The molecule has 0 unspecified atom stereocenters. The van der Waals surface area contributed by atoms with Crippen LogP contribution in [0, 0.1) is 0 Å². The third kappa shape index (κ3) is 2.18. The zero-order chi connectivity index (χ0) is 12.4. The molecule has 17 heavy (non-hydrogen) atoms. The zero-order valence-electron chi connectivity index (χ0n) is 9.66. The number of nitrogens with zero attached hydrogens (tertiary/aromatic N) is 3. The topological polar surface area (TPSA) is 68.0 Å². The summed E-state index contributed by atoms with van der Waals surface area (Å²) in [6, 6.07) is 5.26. The molecule has 1 N–H and O–H groups in total. The fourth-order valence-corrected chi connectivity index (χ4v) is 1.53. The van der Waals surface area contributed by atoms with Crippen molar-refractivity contribution in [3.8, 4) is 5.69 Å². The van der Waals surface area contributed by atoms with Crippen molar-refractivity contribution < 1.29 is 9.90 Å². The van der Waals surface area contributed by atoms with Gasteiger partial charge in [-0.15, -0.1) is 0 Å². The lowest BCUT2D eigenvalue weighted by Crippen LogP contribution is -2.08. The normalized spacial score (nSPS) is 10.8. The Kier molecular flexibility index (Phi) is 2.91. The Morgan fingerprint density at radius 2 is 2.18 bits per heavy atom. The predicted molar refractivity (Wildman–Crippen MR) is 62.4 cm³/mol. The van der Waals surface area contributed by atoms with Crippen molar-refractivity contribution in [3.05, 3.63) is 42.0 Å². The summed E-state index contributed by atoms with van der Waals surface area (Å²) in [7, 11) is 0. The van der Waals surface area contributed by atoms with Crippen LogP contribution in [-0.2, 0) is 0 Å². The molecule has 0 bridgehead atoms. The number of carbonyl (C=O) groups is 1. The fourth-order valence-electron chi connectivity index (χ4n) is 1.53. The van der Waals surface area contributed by atoms with Crippen LogP contribution in [0.2, 0.25) is 0 Å². The van der Waals surface area contributed by atoms with Gasteiger partial charge in [0.05, 0.1) is 11.4 Å². The number of aromatic nitrogens is 3. The van der Waals surface area contributed by atoms with Gasteiger partial charge >= 0.3 is 5.97 Å². The monoisotopic (exact) mass is 231 g/mol. The number of aromatic carboxylic acids is 1. The van der Waals surface area contributed by atoms with Crippen LogP contribution in [0.15, 0.2) is 30.6 Å². The lowest BCUT2D eigenvalue weighted by molar-refractivity contribution is 0.0690. The summed E-state index contributed by atoms with van der Waals surface area (Å²) in [6.07, 6.45) is 3.21. The molecule has 0 fully saturated rings. The van der Waals surface area contributed by atoms with E-state index in [4.69, 9.17) is 5.11 Å². The first-order valence-corrected chi connectivity index (χ1v) is 5.34. The van der Waals surface area contributed by atoms with Gasteiger partial charge in [0.1, 0.15) is 0 Å². The maximum Gasteiger partial charge on any atom is 0.356 e. The number of rotatable bonds is 3. The van der Waals surface area contributed by atoms with Crippen LogP contribution in [0.1, 0.15) is 35.9 Å². The van der Waals surface area contributed by atoms with Gasteiger partial charge in [-0.2, -0.15) is 5.10 Å². The van der Waals surface area contributed by atoms with Gasteiger partial charge in [-0.25, -0.2) is 14.5 Å². The molecule has 0 aliphatic rings. The SMILES string of the molecule is CC(C)c1ccn(-c2cccnc2C(=O)O)n1. The van der Waals surface area contributed by atoms with Crippen LogP contribution in [0.5, 0.6) is 0 Å². The lowest BCUT2D eigenvalue weighted by Gasteiger charge is -2.04. The average molecular weight is 231 g/mol. The maximum absolute atomic E-state index is 11.0. The molecule has 0 aliphatic heterocycles. The van der Waals surface area contributed by atoms with E-state index in [1.165, 1.54) is 6.20 Å². The Hall–Kier alpha value is -2.17. The molecule has 0 aliphatic carbocycles. The largest absolute Gasteiger partial charge is 0.476 e. The van der Waals surface area contributed by atoms with Crippen LogP contribution in [0.4, 0.5) is 0 Å². The van der Waals surface area contributed by atoms with E-state index in [1.807, 2.05) is 19.9 Å². The number of carboxylic acid groups (broad SMARTS) is 1. The zero-order valence-corrected chi connectivity index (χ0v) is 9.66. The van der Waals surface area contributed by atoms with Crippen molar-refractivity contribution in [1.29, 1.82) is 0 Å². The van der Waals surface area contributed by atoms with Gasteiger partial charge in [0.25, 0.3) is 0 Å². The fraction of sp³-hybridized carbons (Fsp3) is 0.250. The van der Waals surface area contributed by atoms with Crippen molar-refractivity contribution in [2.24, 2.45) is 0 Å². The van der Waals surface area contributed by atoms with Gasteiger partial charge in [0.2, 0.25) is 0 Å². The molecule has 2 rings (SSSR count). The molecular weight excluding hydrogens is 218 g/mol. The summed E-state index contributed by atoms with van der Waals surface area (Å²) < 4.78 is 1.55. The summed E-state index contributed by atoms with van der Waals surface area (Å²) in [5, 5.41) is 13.4. The molecule has 0 atom stereocenters. The Morgan fingerprint density at radius 3 is 2.76 bits per heavy atom. The van der Waals surface area contributed by atoms with E-state index < -0.39 is 5.97 Å². The number of hydrogen-bond donors (Lipinski definition) is 1. The molecule has 2 heterocycles. The van der Waals surface area contributed by atoms with Crippen LogP contribution in [0.25, 0.3) is 5.69 Å². The van der Waals surface area contributed by atoms with Crippen LogP contribution >= 0.6 is 0 Å². The summed E-state index contributed by atoms with van der Waals surface area (Å²) >= 11 is 0. The molecule has 0 saturated carbocycles. The minimum atomic E-state index is -1.05. The van der Waals surface area contributed by atoms with Gasteiger partial charge in [-0.05, 0) is 24.1 Å². The highest BCUT2D eigenvalue weighted by Crippen LogP contribution is 2.15. The maximum atomic E-state index is 11.0. The molecular formula is C12H13N3O2. The van der Waals surface area contributed by atoms with Gasteiger partial charge in [0, 0.05) is 12.4 Å². The van der Waals surface area contributed by atoms with Gasteiger partial charge in [0.15, 0.2) is 5.69 Å². The van der Waals surface area contributed by atoms with E-state index in [9.17, 15) is 4.79 Å². The quantitative estimate of drug-likeness (QED) is 0.878. The molecule has 5 heteroatoms. The van der Waals surface area contributed by atoms with Crippen LogP contribution < -0.4 is 0 Å². The molecule has 0 aromatic carbocycles. The predicted octanol–water partition coefficient (Wildman–Crippen LogP) is 2.09. The van der Waals surface area contributed by atoms with Gasteiger partial charge < -0.3 is 5.11 Å². The Balaban J connectivity index is 2.49. The minimum absolute atomic E-state index is 0.00547. The smallest absolute Gasteiger partial charge is 0.356 e. The van der Waals surface area contributed by atoms with Crippen LogP contribution in [0.3, 0.4) is 0 Å². The van der Waals surface area contributed by atoms with E-state index in [-0.39, 0.29) is 5.69 Å². The second kappa shape index (κ2) is 4.37. The van der Waals surface area contributed by atoms with Gasteiger partial charge in [-0.1, -0.05) is 13.8 Å². The highest BCUT2D eigenvalue weighted by Gasteiger charge is 2.14. The summed E-state index contributed by atoms with van der Waals surface area (Å²) in [5.41, 5.74) is 1.41. The van der Waals surface area contributed by atoms with E-state index in [0.29, 0.717) is 11.6 Å². The molecule has 88 valence electrons. The molecule has 2 aromatic rings. The molecule has 2 aromatic heterocycles. The van der Waals surface area contributed by atoms with E-state index >= 15 is 0 Å². The van der Waals surface area contributed by atoms with E-state index in [0.717, 1.165) is 5.69 Å². The van der Waals surface area contributed by atoms with Crippen molar-refractivity contribution in [2.45, 2.75) is 19.8 Å². The molecule has 0 amide bonds. The highest BCUT2D eigenvalue weighted by atomic mass is 16.4. The number of hydrogen-bond acceptors (Lipinski definition) is 3. The van der Waals surface area contributed by atoms with Crippen molar-refractivity contribution in [2.75, 3.05) is 0 Å². The average Bonchev–Trinajstić information content (AvgIpc) is 2.78. The minimum Gasteiger partial charge on any atom is -0.476 e. The second-order valence-electron chi connectivity index (χ2n) is 4.02. The third-order valence-electron chi connectivity index (χ3n) is 2.44. The second-order valence-corrected chi connectivity index (χ2v) is 4.02. The lowest BCUT2D eigenvalue weighted by atomic mass is 10.1. The first-order valence-electron chi connectivity index (χ1n) is 5.34. The van der Waals surface area contributed by atoms with E-state index in [1.54, 1.807) is 23.0 Å². The van der Waals surface area contributed by atoms with E-state index in [2.05, 4.69) is 10.1 Å². The molecule has 0 radical (unpaired) electrons. The first kappa shape index (κ1) is 11.3. The molecule has 0 spiro atoms. The summed E-state index contributed by atoms with van der Waals surface area (Å²) in [5.74, 6) is -0.747. The summed E-state index contributed by atoms with van der Waals surface area (Å²) in [6.45, 7) is 4.07. The van der Waals surface area contributed by atoms with Crippen LogP contribution in [-0.4, -0.2) is 25.8 Å². The van der Waals surface area contributed by atoms with Crippen molar-refractivity contribution >= 4 is 5.97 Å². The number of carboxylic acids is 1. The Labute approximate surface area is 98.7 Å². The van der Waals surface area contributed by atoms with Gasteiger partial charge in [-0.3, -0.25) is 0 Å². The first-order chi connectivity index (χ1) is 8.09. The number of pyridine rings is 1. The summed E-state index contributed by atoms with van der Waals surface area (Å²) in [4.78, 5) is 14.9.